The lowest BCUT2D eigenvalue weighted by atomic mass is 10.1. The van der Waals surface area contributed by atoms with Crippen LogP contribution in [0.3, 0.4) is 0 Å². The zero-order valence-corrected chi connectivity index (χ0v) is 20.7. The Morgan fingerprint density at radius 2 is 1.51 bits per heavy atom. The Bertz CT molecular complexity index is 1340. The quantitative estimate of drug-likeness (QED) is 0.219. The maximum atomic E-state index is 12.6. The number of nitrogens with two attached hydrogens (primary N) is 1. The topological polar surface area (TPSA) is 118 Å². The Kier molecular flexibility index (Phi) is 7.55. The number of anilines is 4. The van der Waals surface area contributed by atoms with E-state index in [9.17, 15) is 4.79 Å². The average molecular weight is 494 g/mol. The van der Waals surface area contributed by atoms with Gasteiger partial charge in [0.15, 0.2) is 0 Å². The number of para-hydroxylation sites is 2. The second kappa shape index (κ2) is 11.5. The number of nitrogens with one attached hydrogen (secondary N) is 3. The molecule has 0 spiro atoms. The van der Waals surface area contributed by atoms with E-state index in [0.717, 1.165) is 30.8 Å². The maximum Gasteiger partial charge on any atom is 0.255 e. The highest BCUT2D eigenvalue weighted by Gasteiger charge is 2.23. The molecule has 1 aliphatic rings. The van der Waals surface area contributed by atoms with Gasteiger partial charge in [-0.1, -0.05) is 54.6 Å². The van der Waals surface area contributed by atoms with Crippen LogP contribution in [-0.4, -0.2) is 27.4 Å². The minimum Gasteiger partial charge on any atom is -0.397 e. The summed E-state index contributed by atoms with van der Waals surface area (Å²) in [6, 6.07) is 25.0. The van der Waals surface area contributed by atoms with Gasteiger partial charge in [-0.2, -0.15) is 15.0 Å². The van der Waals surface area contributed by atoms with Crippen LogP contribution in [0.25, 0.3) is 0 Å². The summed E-state index contributed by atoms with van der Waals surface area (Å²) in [7, 11) is 0. The van der Waals surface area contributed by atoms with Crippen LogP contribution in [0.1, 0.15) is 40.2 Å². The van der Waals surface area contributed by atoms with E-state index >= 15 is 0 Å². The van der Waals surface area contributed by atoms with Gasteiger partial charge in [-0.15, -0.1) is 0 Å². The molecule has 1 saturated carbocycles. The SMILES string of the molecule is Nc1ccccc1NC(=O)c1ccc(CNc2nc(CC3CC3)nc(NCCc3ccccc3)n2)cc1. The fourth-order valence-electron chi connectivity index (χ4n) is 3.97. The highest BCUT2D eigenvalue weighted by molar-refractivity contribution is 6.05. The highest BCUT2D eigenvalue weighted by Crippen LogP contribution is 2.32. The zero-order chi connectivity index (χ0) is 25.5. The molecule has 1 aromatic heterocycles. The number of nitrogens with zero attached hydrogens (tertiary/aromatic N) is 3. The van der Waals surface area contributed by atoms with Crippen LogP contribution in [0.2, 0.25) is 0 Å². The van der Waals surface area contributed by atoms with Gasteiger partial charge in [-0.25, -0.2) is 0 Å². The van der Waals surface area contributed by atoms with E-state index in [-0.39, 0.29) is 5.91 Å². The molecular formula is C29H31N7O. The first kappa shape index (κ1) is 24.2. The molecule has 188 valence electrons. The number of rotatable bonds is 11. The van der Waals surface area contributed by atoms with Crippen LogP contribution in [-0.2, 0) is 19.4 Å². The van der Waals surface area contributed by atoms with Crippen molar-refractivity contribution < 1.29 is 4.79 Å². The van der Waals surface area contributed by atoms with Gasteiger partial charge in [0.25, 0.3) is 5.91 Å². The van der Waals surface area contributed by atoms with Gasteiger partial charge in [0, 0.05) is 25.1 Å². The Labute approximate surface area is 216 Å². The lowest BCUT2D eigenvalue weighted by molar-refractivity contribution is 0.102. The average Bonchev–Trinajstić information content (AvgIpc) is 3.74. The van der Waals surface area contributed by atoms with E-state index < -0.39 is 0 Å². The lowest BCUT2D eigenvalue weighted by Crippen LogP contribution is -2.14. The predicted octanol–water partition coefficient (Wildman–Crippen LogP) is 4.93. The van der Waals surface area contributed by atoms with E-state index in [0.29, 0.717) is 41.3 Å². The normalized spacial score (nSPS) is 12.6. The number of benzene rings is 3. The summed E-state index contributed by atoms with van der Waals surface area (Å²) in [5.41, 5.74) is 9.90. The molecule has 5 N–H and O–H groups in total. The minimum absolute atomic E-state index is 0.203. The molecule has 1 heterocycles. The summed E-state index contributed by atoms with van der Waals surface area (Å²) in [6.45, 7) is 1.28. The molecule has 0 radical (unpaired) electrons. The standard InChI is InChI=1S/C29H31N7O/c30-24-8-4-5-9-25(24)33-27(37)23-14-12-22(13-15-23)19-32-29-35-26(18-21-10-11-21)34-28(36-29)31-17-16-20-6-2-1-3-7-20/h1-9,12-15,21H,10-11,16-19,30H2,(H,33,37)(H2,31,32,34,35,36). The molecule has 0 bridgehead atoms. The smallest absolute Gasteiger partial charge is 0.255 e. The third-order valence-corrected chi connectivity index (χ3v) is 6.27. The molecule has 8 nitrogen and oxygen atoms in total. The van der Waals surface area contributed by atoms with Crippen molar-refractivity contribution in [2.75, 3.05) is 28.2 Å². The molecule has 3 aromatic carbocycles. The van der Waals surface area contributed by atoms with Crippen molar-refractivity contribution in [1.82, 2.24) is 15.0 Å². The molecule has 37 heavy (non-hydrogen) atoms. The Morgan fingerprint density at radius 1 is 0.811 bits per heavy atom. The van der Waals surface area contributed by atoms with Gasteiger partial charge in [0.05, 0.1) is 11.4 Å². The number of carbonyl (C=O) groups is 1. The number of carbonyl (C=O) groups excluding carboxylic acids is 1. The van der Waals surface area contributed by atoms with Crippen molar-refractivity contribution >= 4 is 29.2 Å². The van der Waals surface area contributed by atoms with E-state index in [4.69, 9.17) is 5.73 Å². The van der Waals surface area contributed by atoms with Gasteiger partial charge < -0.3 is 21.7 Å². The fraction of sp³-hybridized carbons (Fsp3) is 0.241. The summed E-state index contributed by atoms with van der Waals surface area (Å²) in [5, 5.41) is 9.52. The third kappa shape index (κ3) is 7.04. The fourth-order valence-corrected chi connectivity index (χ4v) is 3.97. The van der Waals surface area contributed by atoms with Gasteiger partial charge in [0.1, 0.15) is 5.82 Å². The predicted molar refractivity (Wildman–Crippen MR) is 147 cm³/mol. The van der Waals surface area contributed by atoms with Crippen molar-refractivity contribution in [3.63, 3.8) is 0 Å². The number of hydrogen-bond acceptors (Lipinski definition) is 7. The molecule has 4 aromatic rings. The molecule has 0 aliphatic heterocycles. The molecule has 0 atom stereocenters. The summed E-state index contributed by atoms with van der Waals surface area (Å²) in [5.74, 6) is 2.43. The van der Waals surface area contributed by atoms with Gasteiger partial charge >= 0.3 is 0 Å². The summed E-state index contributed by atoms with van der Waals surface area (Å²) >= 11 is 0. The molecule has 1 fully saturated rings. The van der Waals surface area contributed by atoms with Crippen LogP contribution in [0.4, 0.5) is 23.3 Å². The number of aromatic nitrogens is 3. The van der Waals surface area contributed by atoms with Crippen molar-refractivity contribution in [2.45, 2.75) is 32.2 Å². The largest absolute Gasteiger partial charge is 0.397 e. The second-order valence-corrected chi connectivity index (χ2v) is 9.30. The molecular weight excluding hydrogens is 462 g/mol. The Hall–Kier alpha value is -4.46. The molecule has 0 saturated heterocycles. The van der Waals surface area contributed by atoms with E-state index in [2.05, 4.69) is 43.0 Å². The first-order valence-electron chi connectivity index (χ1n) is 12.6. The number of amides is 1. The van der Waals surface area contributed by atoms with Crippen LogP contribution in [0.15, 0.2) is 78.9 Å². The summed E-state index contributed by atoms with van der Waals surface area (Å²) in [4.78, 5) is 26.5. The summed E-state index contributed by atoms with van der Waals surface area (Å²) in [6.07, 6.45) is 4.24. The number of nitrogen functional groups attached to an aromatic ring is 1. The maximum absolute atomic E-state index is 12.6. The van der Waals surface area contributed by atoms with Crippen LogP contribution in [0.5, 0.6) is 0 Å². The Balaban J connectivity index is 1.19. The monoisotopic (exact) mass is 493 g/mol. The summed E-state index contributed by atoms with van der Waals surface area (Å²) < 4.78 is 0. The van der Waals surface area contributed by atoms with Crippen molar-refractivity contribution in [3.05, 3.63) is 101 Å². The molecule has 5 rings (SSSR count). The first-order chi connectivity index (χ1) is 18.1. The highest BCUT2D eigenvalue weighted by atomic mass is 16.1. The zero-order valence-electron chi connectivity index (χ0n) is 20.7. The Morgan fingerprint density at radius 3 is 2.24 bits per heavy atom. The third-order valence-electron chi connectivity index (χ3n) is 6.27. The van der Waals surface area contributed by atoms with E-state index in [1.54, 1.807) is 24.3 Å². The molecule has 0 unspecified atom stereocenters. The van der Waals surface area contributed by atoms with Gasteiger partial charge in [0.2, 0.25) is 11.9 Å². The van der Waals surface area contributed by atoms with E-state index in [1.807, 2.05) is 42.5 Å². The molecule has 1 aliphatic carbocycles. The van der Waals surface area contributed by atoms with Crippen LogP contribution in [0, 0.1) is 5.92 Å². The van der Waals surface area contributed by atoms with Crippen LogP contribution >= 0.6 is 0 Å². The van der Waals surface area contributed by atoms with Crippen molar-refractivity contribution in [3.8, 4) is 0 Å². The van der Waals surface area contributed by atoms with Gasteiger partial charge in [-0.3, -0.25) is 4.79 Å². The van der Waals surface area contributed by atoms with Crippen molar-refractivity contribution in [2.24, 2.45) is 5.92 Å². The molecule has 8 heteroatoms. The van der Waals surface area contributed by atoms with Gasteiger partial charge in [-0.05, 0) is 60.6 Å². The minimum atomic E-state index is -0.203. The lowest BCUT2D eigenvalue weighted by Gasteiger charge is -2.11. The van der Waals surface area contributed by atoms with Crippen LogP contribution < -0.4 is 21.7 Å². The number of hydrogen-bond donors (Lipinski definition) is 4. The first-order valence-corrected chi connectivity index (χ1v) is 12.6. The van der Waals surface area contributed by atoms with E-state index in [1.165, 1.54) is 18.4 Å². The molecule has 1 amide bonds. The second-order valence-electron chi connectivity index (χ2n) is 9.30. The van der Waals surface area contributed by atoms with Crippen molar-refractivity contribution in [1.29, 1.82) is 0 Å².